The molecule has 1 amide bonds. The number of nitrogens with one attached hydrogen (secondary N) is 1. The fourth-order valence-electron chi connectivity index (χ4n) is 3.70. The maximum absolute atomic E-state index is 12.8. The summed E-state index contributed by atoms with van der Waals surface area (Å²) >= 11 is 0. The number of fused-ring (bicyclic) bond motifs is 1. The summed E-state index contributed by atoms with van der Waals surface area (Å²) in [7, 11) is 5.80. The number of likely N-dealkylation sites (tertiary alicyclic amines) is 1. The number of benzene rings is 1. The number of carbonyl (C=O) groups is 1. The van der Waals surface area contributed by atoms with Crippen LogP contribution < -0.4 is 10.1 Å². The third-order valence-electron chi connectivity index (χ3n) is 5.29. The molecule has 1 aromatic heterocycles. The Morgan fingerprint density at radius 1 is 1.22 bits per heavy atom. The zero-order chi connectivity index (χ0) is 19.2. The summed E-state index contributed by atoms with van der Waals surface area (Å²) in [5, 5.41) is 4.17. The molecule has 0 saturated carbocycles. The number of piperidine rings is 1. The number of carbonyl (C=O) groups excluding carboxylic acids is 1. The number of hydrogen-bond acceptors (Lipinski definition) is 4. The van der Waals surface area contributed by atoms with Crippen molar-refractivity contribution in [3.05, 3.63) is 30.0 Å². The molecule has 0 bridgehead atoms. The normalized spacial score (nSPS) is 15.4. The highest BCUT2D eigenvalue weighted by atomic mass is 16.5. The van der Waals surface area contributed by atoms with Crippen molar-refractivity contribution in [1.82, 2.24) is 19.7 Å². The van der Waals surface area contributed by atoms with Gasteiger partial charge in [-0.15, -0.1) is 0 Å². The van der Waals surface area contributed by atoms with Gasteiger partial charge >= 0.3 is 6.03 Å². The Morgan fingerprint density at radius 2 is 2.00 bits per heavy atom. The largest absolute Gasteiger partial charge is 0.497 e. The maximum Gasteiger partial charge on any atom is 0.326 e. The molecule has 1 saturated heterocycles. The first-order chi connectivity index (χ1) is 13.1. The highest BCUT2D eigenvalue weighted by Gasteiger charge is 2.15. The van der Waals surface area contributed by atoms with E-state index in [0.717, 1.165) is 49.3 Å². The van der Waals surface area contributed by atoms with Crippen molar-refractivity contribution >= 4 is 16.9 Å². The van der Waals surface area contributed by atoms with Crippen LogP contribution in [0.5, 0.6) is 5.75 Å². The fraction of sp³-hybridized carbons (Fsp3) is 0.571. The Bertz CT molecular complexity index is 763. The average molecular weight is 373 g/mol. The van der Waals surface area contributed by atoms with Gasteiger partial charge in [0.25, 0.3) is 0 Å². The van der Waals surface area contributed by atoms with Crippen LogP contribution in [0.1, 0.15) is 24.8 Å². The zero-order valence-electron chi connectivity index (χ0n) is 16.8. The van der Waals surface area contributed by atoms with E-state index in [1.165, 1.54) is 24.8 Å². The van der Waals surface area contributed by atoms with Crippen molar-refractivity contribution in [2.24, 2.45) is 0 Å². The third-order valence-corrected chi connectivity index (χ3v) is 5.29. The highest BCUT2D eigenvalue weighted by molar-refractivity contribution is 5.94. The predicted octanol–water partition coefficient (Wildman–Crippen LogP) is 2.80. The molecule has 1 aliphatic rings. The summed E-state index contributed by atoms with van der Waals surface area (Å²) in [6.07, 6.45) is 6.74. The number of ether oxygens (including phenoxy) is 1. The van der Waals surface area contributed by atoms with Crippen molar-refractivity contribution < 1.29 is 9.53 Å². The minimum Gasteiger partial charge on any atom is -0.497 e. The first-order valence-corrected chi connectivity index (χ1v) is 9.92. The topological polar surface area (TPSA) is 49.7 Å². The molecule has 1 fully saturated rings. The molecular formula is C21H32N4O2. The molecule has 2 heterocycles. The molecule has 3 rings (SSSR count). The molecule has 148 valence electrons. The van der Waals surface area contributed by atoms with E-state index < -0.39 is 0 Å². The minimum atomic E-state index is -0.0571. The number of aromatic nitrogens is 1. The molecule has 0 atom stereocenters. The molecule has 1 aliphatic heterocycles. The van der Waals surface area contributed by atoms with Crippen molar-refractivity contribution in [3.63, 3.8) is 0 Å². The Morgan fingerprint density at radius 3 is 2.70 bits per heavy atom. The van der Waals surface area contributed by atoms with Crippen LogP contribution in [0, 0.1) is 0 Å². The SMILES string of the molecule is COc1ccc2c(c1)c(CCN(C)C)cn2C(=O)NCCN1CCCCC1. The van der Waals surface area contributed by atoms with E-state index in [0.29, 0.717) is 6.54 Å². The Kier molecular flexibility index (Phi) is 6.74. The number of methoxy groups -OCH3 is 1. The van der Waals surface area contributed by atoms with Gasteiger partial charge in [-0.3, -0.25) is 4.57 Å². The van der Waals surface area contributed by atoms with Gasteiger partial charge in [-0.25, -0.2) is 4.79 Å². The van der Waals surface area contributed by atoms with Gasteiger partial charge in [-0.05, 0) is 70.2 Å². The predicted molar refractivity (Wildman–Crippen MR) is 110 cm³/mol. The Balaban J connectivity index is 1.72. The van der Waals surface area contributed by atoms with Crippen LogP contribution >= 0.6 is 0 Å². The van der Waals surface area contributed by atoms with E-state index in [-0.39, 0.29) is 6.03 Å². The molecule has 6 heteroatoms. The molecule has 0 unspecified atom stereocenters. The van der Waals surface area contributed by atoms with Gasteiger partial charge in [0.2, 0.25) is 0 Å². The van der Waals surface area contributed by atoms with Crippen molar-refractivity contribution in [2.45, 2.75) is 25.7 Å². The van der Waals surface area contributed by atoms with Gasteiger partial charge in [-0.1, -0.05) is 6.42 Å². The van der Waals surface area contributed by atoms with Crippen LogP contribution in [-0.2, 0) is 6.42 Å². The molecule has 0 spiro atoms. The van der Waals surface area contributed by atoms with E-state index in [4.69, 9.17) is 4.74 Å². The monoisotopic (exact) mass is 372 g/mol. The third kappa shape index (κ3) is 5.02. The summed E-state index contributed by atoms with van der Waals surface area (Å²) in [5.41, 5.74) is 2.10. The first-order valence-electron chi connectivity index (χ1n) is 9.92. The van der Waals surface area contributed by atoms with Gasteiger partial charge < -0.3 is 19.9 Å². The van der Waals surface area contributed by atoms with E-state index in [2.05, 4.69) is 29.2 Å². The Labute approximate surface area is 162 Å². The molecule has 1 aromatic carbocycles. The average Bonchev–Trinajstić information content (AvgIpc) is 3.05. The lowest BCUT2D eigenvalue weighted by molar-refractivity contribution is 0.221. The summed E-state index contributed by atoms with van der Waals surface area (Å²) < 4.78 is 7.12. The number of amides is 1. The van der Waals surface area contributed by atoms with Crippen LogP contribution in [0.4, 0.5) is 4.79 Å². The molecule has 1 N–H and O–H groups in total. The number of hydrogen-bond donors (Lipinski definition) is 1. The van der Waals surface area contributed by atoms with Crippen molar-refractivity contribution in [3.8, 4) is 5.75 Å². The van der Waals surface area contributed by atoms with E-state index in [1.807, 2.05) is 24.4 Å². The van der Waals surface area contributed by atoms with Crippen LogP contribution in [0.3, 0.4) is 0 Å². The van der Waals surface area contributed by atoms with E-state index >= 15 is 0 Å². The summed E-state index contributed by atoms with van der Waals surface area (Å²) in [4.78, 5) is 17.4. The second kappa shape index (κ2) is 9.24. The van der Waals surface area contributed by atoms with E-state index in [9.17, 15) is 4.79 Å². The first kappa shape index (κ1) is 19.7. The van der Waals surface area contributed by atoms with Gasteiger partial charge in [0.05, 0.1) is 12.6 Å². The second-order valence-electron chi connectivity index (χ2n) is 7.59. The number of nitrogens with zero attached hydrogens (tertiary/aromatic N) is 3. The standard InChI is InChI=1S/C21H32N4O2/c1-23(2)13-9-17-16-25(20-8-7-18(27-3)15-19(17)20)21(26)22-10-14-24-11-5-4-6-12-24/h7-8,15-16H,4-6,9-14H2,1-3H3,(H,22,26). The van der Waals surface area contributed by atoms with Crippen molar-refractivity contribution in [2.75, 3.05) is 53.9 Å². The van der Waals surface area contributed by atoms with Crippen molar-refractivity contribution in [1.29, 1.82) is 0 Å². The van der Waals surface area contributed by atoms with E-state index in [1.54, 1.807) is 11.7 Å². The van der Waals surface area contributed by atoms with Gasteiger partial charge in [-0.2, -0.15) is 0 Å². The molecule has 27 heavy (non-hydrogen) atoms. The number of rotatable bonds is 7. The minimum absolute atomic E-state index is 0.0571. The lowest BCUT2D eigenvalue weighted by Gasteiger charge is -2.26. The molecule has 0 aliphatic carbocycles. The molecular weight excluding hydrogens is 340 g/mol. The van der Waals surface area contributed by atoms with Gasteiger partial charge in [0.1, 0.15) is 5.75 Å². The lowest BCUT2D eigenvalue weighted by Crippen LogP contribution is -2.38. The maximum atomic E-state index is 12.8. The molecule has 0 radical (unpaired) electrons. The van der Waals surface area contributed by atoms with Crippen LogP contribution in [0.2, 0.25) is 0 Å². The lowest BCUT2D eigenvalue weighted by atomic mass is 10.1. The highest BCUT2D eigenvalue weighted by Crippen LogP contribution is 2.26. The summed E-state index contributed by atoms with van der Waals surface area (Å²) in [5.74, 6) is 0.817. The fourth-order valence-corrected chi connectivity index (χ4v) is 3.70. The van der Waals surface area contributed by atoms with Gasteiger partial charge in [0.15, 0.2) is 0 Å². The summed E-state index contributed by atoms with van der Waals surface area (Å²) in [6, 6.07) is 5.85. The quantitative estimate of drug-likeness (QED) is 0.812. The smallest absolute Gasteiger partial charge is 0.326 e. The van der Waals surface area contributed by atoms with Gasteiger partial charge in [0, 0.05) is 31.2 Å². The van der Waals surface area contributed by atoms with Crippen LogP contribution in [0.15, 0.2) is 24.4 Å². The second-order valence-corrected chi connectivity index (χ2v) is 7.59. The molecule has 6 nitrogen and oxygen atoms in total. The van der Waals surface area contributed by atoms with Crippen LogP contribution in [-0.4, -0.2) is 74.3 Å². The number of likely N-dealkylation sites (N-methyl/N-ethyl adjacent to an activating group) is 1. The molecule has 2 aromatic rings. The Hall–Kier alpha value is -2.05. The summed E-state index contributed by atoms with van der Waals surface area (Å²) in [6.45, 7) is 4.84. The van der Waals surface area contributed by atoms with Crippen LogP contribution in [0.25, 0.3) is 10.9 Å². The zero-order valence-corrected chi connectivity index (χ0v) is 16.8.